The molecule has 1 atom stereocenters. The van der Waals surface area contributed by atoms with E-state index in [1.807, 2.05) is 12.1 Å². The first kappa shape index (κ1) is 10.2. The van der Waals surface area contributed by atoms with Crippen molar-refractivity contribution in [2.45, 2.75) is 12.8 Å². The average molecular weight is 244 g/mol. The first-order chi connectivity index (χ1) is 6.15. The van der Waals surface area contributed by atoms with Gasteiger partial charge in [0.15, 0.2) is 0 Å². The third-order valence-corrected chi connectivity index (χ3v) is 2.23. The second-order valence-corrected chi connectivity index (χ2v) is 3.56. The molecule has 1 aromatic heterocycles. The number of hydrogen-bond acceptors (Lipinski definition) is 3. The molecule has 0 radical (unpaired) electrons. The minimum absolute atomic E-state index is 0.273. The van der Waals surface area contributed by atoms with Gasteiger partial charge in [-0.2, -0.15) is 0 Å². The van der Waals surface area contributed by atoms with Crippen LogP contribution in [0.15, 0.2) is 22.8 Å². The van der Waals surface area contributed by atoms with E-state index in [-0.39, 0.29) is 11.9 Å². The highest BCUT2D eigenvalue weighted by molar-refractivity contribution is 9.10. The lowest BCUT2D eigenvalue weighted by Gasteiger charge is -2.07. The highest BCUT2D eigenvalue weighted by Crippen LogP contribution is 2.17. The zero-order chi connectivity index (χ0) is 9.84. The van der Waals surface area contributed by atoms with Gasteiger partial charge in [-0.05, 0) is 19.1 Å². The quantitative estimate of drug-likeness (QED) is 0.748. The van der Waals surface area contributed by atoms with Crippen LogP contribution in [0.4, 0.5) is 0 Å². The number of hydrogen-bond donors (Lipinski definition) is 0. The van der Waals surface area contributed by atoms with Crippen LogP contribution < -0.4 is 0 Å². The van der Waals surface area contributed by atoms with Gasteiger partial charge in [0.05, 0.1) is 18.7 Å². The minimum atomic E-state index is -0.317. The van der Waals surface area contributed by atoms with Crippen molar-refractivity contribution in [3.05, 3.63) is 28.5 Å². The fourth-order valence-corrected chi connectivity index (χ4v) is 1.31. The number of halogens is 1. The molecule has 0 amide bonds. The maximum absolute atomic E-state index is 11.1. The van der Waals surface area contributed by atoms with Crippen LogP contribution in [-0.4, -0.2) is 18.1 Å². The fraction of sp³-hybridized carbons (Fsp3) is 0.333. The number of ether oxygens (including phenoxy) is 1. The molecule has 0 fully saturated rings. The fourth-order valence-electron chi connectivity index (χ4n) is 0.956. The van der Waals surface area contributed by atoms with Gasteiger partial charge in [0, 0.05) is 10.7 Å². The number of nitrogens with zero attached hydrogens (tertiary/aromatic N) is 1. The Morgan fingerprint density at radius 1 is 1.69 bits per heavy atom. The molecule has 0 aliphatic carbocycles. The Hall–Kier alpha value is -0.900. The van der Waals surface area contributed by atoms with E-state index in [4.69, 9.17) is 0 Å². The van der Waals surface area contributed by atoms with Crippen molar-refractivity contribution in [3.8, 4) is 0 Å². The summed E-state index contributed by atoms with van der Waals surface area (Å²) in [6, 6.07) is 3.62. The smallest absolute Gasteiger partial charge is 0.314 e. The number of rotatable bonds is 2. The Balaban J connectivity index is 2.88. The summed E-state index contributed by atoms with van der Waals surface area (Å²) >= 11 is 3.31. The molecule has 0 aliphatic rings. The van der Waals surface area contributed by atoms with Crippen LogP contribution in [0.1, 0.15) is 18.5 Å². The standard InChI is InChI=1S/C9H10BrNO2/c1-6(9(12)13-2)8-5-7(10)3-4-11-8/h3-6H,1-2H3. The molecule has 13 heavy (non-hydrogen) atoms. The van der Waals surface area contributed by atoms with Crippen molar-refractivity contribution in [3.63, 3.8) is 0 Å². The number of carbonyl (C=O) groups excluding carboxylic acids is 1. The number of esters is 1. The van der Waals surface area contributed by atoms with Gasteiger partial charge < -0.3 is 4.74 Å². The monoisotopic (exact) mass is 243 g/mol. The third kappa shape index (κ3) is 2.52. The molecule has 0 aliphatic heterocycles. The normalized spacial score (nSPS) is 12.2. The molecule has 1 heterocycles. The van der Waals surface area contributed by atoms with Crippen molar-refractivity contribution < 1.29 is 9.53 Å². The number of aromatic nitrogens is 1. The number of methoxy groups -OCH3 is 1. The van der Waals surface area contributed by atoms with Gasteiger partial charge in [-0.25, -0.2) is 0 Å². The Morgan fingerprint density at radius 2 is 2.38 bits per heavy atom. The van der Waals surface area contributed by atoms with Crippen LogP contribution in [0, 0.1) is 0 Å². The van der Waals surface area contributed by atoms with E-state index >= 15 is 0 Å². The van der Waals surface area contributed by atoms with Crippen LogP contribution in [0.25, 0.3) is 0 Å². The van der Waals surface area contributed by atoms with E-state index in [0.29, 0.717) is 5.69 Å². The summed E-state index contributed by atoms with van der Waals surface area (Å²) in [5.41, 5.74) is 0.709. The van der Waals surface area contributed by atoms with E-state index in [1.54, 1.807) is 13.1 Å². The van der Waals surface area contributed by atoms with Crippen LogP contribution in [0.2, 0.25) is 0 Å². The number of pyridine rings is 1. The molecule has 0 aromatic carbocycles. The van der Waals surface area contributed by atoms with Crippen LogP contribution in [-0.2, 0) is 9.53 Å². The first-order valence-electron chi connectivity index (χ1n) is 3.84. The maximum atomic E-state index is 11.1. The Bertz CT molecular complexity index is 314. The van der Waals surface area contributed by atoms with Crippen LogP contribution in [0.5, 0.6) is 0 Å². The largest absolute Gasteiger partial charge is 0.469 e. The van der Waals surface area contributed by atoms with Crippen molar-refractivity contribution in [2.75, 3.05) is 7.11 Å². The SMILES string of the molecule is COC(=O)C(C)c1cc(Br)ccn1. The second kappa shape index (κ2) is 4.37. The predicted molar refractivity (Wildman–Crippen MR) is 52.4 cm³/mol. The Kier molecular flexibility index (Phi) is 3.42. The molecule has 3 nitrogen and oxygen atoms in total. The molecule has 1 rings (SSSR count). The molecule has 1 aromatic rings. The summed E-state index contributed by atoms with van der Waals surface area (Å²) in [5.74, 6) is -0.590. The zero-order valence-electron chi connectivity index (χ0n) is 7.45. The molecular formula is C9H10BrNO2. The lowest BCUT2D eigenvalue weighted by molar-refractivity contribution is -0.142. The molecular weight excluding hydrogens is 234 g/mol. The van der Waals surface area contributed by atoms with Gasteiger partial charge in [-0.1, -0.05) is 15.9 Å². The second-order valence-electron chi connectivity index (χ2n) is 2.64. The highest BCUT2D eigenvalue weighted by atomic mass is 79.9. The lowest BCUT2D eigenvalue weighted by atomic mass is 10.1. The summed E-state index contributed by atoms with van der Waals surface area (Å²) in [4.78, 5) is 15.2. The maximum Gasteiger partial charge on any atom is 0.314 e. The molecule has 0 saturated heterocycles. The molecule has 0 bridgehead atoms. The summed E-state index contributed by atoms with van der Waals surface area (Å²) < 4.78 is 5.52. The molecule has 0 saturated carbocycles. The van der Waals surface area contributed by atoms with E-state index in [2.05, 4.69) is 25.7 Å². The summed E-state index contributed by atoms with van der Waals surface area (Å²) in [7, 11) is 1.37. The molecule has 70 valence electrons. The number of carbonyl (C=O) groups is 1. The van der Waals surface area contributed by atoms with Gasteiger partial charge >= 0.3 is 5.97 Å². The molecule has 0 N–H and O–H groups in total. The zero-order valence-corrected chi connectivity index (χ0v) is 9.04. The van der Waals surface area contributed by atoms with Crippen molar-refractivity contribution in [1.82, 2.24) is 4.98 Å². The van der Waals surface area contributed by atoms with Crippen molar-refractivity contribution >= 4 is 21.9 Å². The van der Waals surface area contributed by atoms with E-state index in [0.717, 1.165) is 4.47 Å². The van der Waals surface area contributed by atoms with Gasteiger partial charge in [0.1, 0.15) is 0 Å². The van der Waals surface area contributed by atoms with Crippen LogP contribution >= 0.6 is 15.9 Å². The van der Waals surface area contributed by atoms with Gasteiger partial charge in [0.25, 0.3) is 0 Å². The third-order valence-electron chi connectivity index (χ3n) is 1.74. The first-order valence-corrected chi connectivity index (χ1v) is 4.63. The Labute approximate surface area is 85.3 Å². The van der Waals surface area contributed by atoms with E-state index < -0.39 is 0 Å². The predicted octanol–water partition coefficient (Wildman–Crippen LogP) is 2.12. The summed E-state index contributed by atoms with van der Waals surface area (Å²) in [6.07, 6.45) is 1.65. The molecule has 4 heteroatoms. The average Bonchev–Trinajstić information content (AvgIpc) is 2.15. The van der Waals surface area contributed by atoms with Gasteiger partial charge in [-0.15, -0.1) is 0 Å². The Morgan fingerprint density at radius 3 is 2.92 bits per heavy atom. The van der Waals surface area contributed by atoms with Gasteiger partial charge in [-0.3, -0.25) is 9.78 Å². The summed E-state index contributed by atoms with van der Waals surface area (Å²) in [6.45, 7) is 1.76. The van der Waals surface area contributed by atoms with Crippen LogP contribution in [0.3, 0.4) is 0 Å². The van der Waals surface area contributed by atoms with Crippen molar-refractivity contribution in [1.29, 1.82) is 0 Å². The lowest BCUT2D eigenvalue weighted by Crippen LogP contribution is -2.11. The van der Waals surface area contributed by atoms with E-state index in [1.165, 1.54) is 7.11 Å². The molecule has 0 spiro atoms. The molecule has 1 unspecified atom stereocenters. The highest BCUT2D eigenvalue weighted by Gasteiger charge is 2.16. The topological polar surface area (TPSA) is 39.2 Å². The van der Waals surface area contributed by atoms with Crippen molar-refractivity contribution in [2.24, 2.45) is 0 Å². The van der Waals surface area contributed by atoms with E-state index in [9.17, 15) is 4.79 Å². The van der Waals surface area contributed by atoms with Gasteiger partial charge in [0.2, 0.25) is 0 Å². The summed E-state index contributed by atoms with van der Waals surface area (Å²) in [5, 5.41) is 0. The minimum Gasteiger partial charge on any atom is -0.469 e.